The summed E-state index contributed by atoms with van der Waals surface area (Å²) >= 11 is 1.43. The first-order valence-electron chi connectivity index (χ1n) is 8.80. The molecule has 3 rings (SSSR count). The van der Waals surface area contributed by atoms with Gasteiger partial charge in [0.15, 0.2) is 0 Å². The molecule has 2 aromatic rings. The zero-order valence-corrected chi connectivity index (χ0v) is 15.6. The van der Waals surface area contributed by atoms with E-state index in [1.807, 2.05) is 38.1 Å². The smallest absolute Gasteiger partial charge is 0.263 e. The lowest BCUT2D eigenvalue weighted by Crippen LogP contribution is -2.51. The van der Waals surface area contributed by atoms with Gasteiger partial charge in [-0.15, -0.1) is 11.3 Å². The van der Waals surface area contributed by atoms with Crippen molar-refractivity contribution in [2.45, 2.75) is 45.1 Å². The van der Waals surface area contributed by atoms with Crippen LogP contribution in [0.15, 0.2) is 24.3 Å². The number of nitrogens with two attached hydrogens (primary N) is 1. The number of amides is 1. The Morgan fingerprint density at radius 3 is 2.60 bits per heavy atom. The number of aromatic nitrogens is 1. The Bertz CT molecular complexity index is 734. The Kier molecular flexibility index (Phi) is 5.39. The minimum Gasteiger partial charge on any atom is -0.494 e. The molecule has 1 fully saturated rings. The Morgan fingerprint density at radius 2 is 2.00 bits per heavy atom. The lowest BCUT2D eigenvalue weighted by atomic mass is 9.98. The Balaban J connectivity index is 1.78. The zero-order valence-electron chi connectivity index (χ0n) is 14.8. The summed E-state index contributed by atoms with van der Waals surface area (Å²) in [4.78, 5) is 18.0. The fourth-order valence-electron chi connectivity index (χ4n) is 3.32. The average molecular weight is 359 g/mol. The van der Waals surface area contributed by atoms with Crippen LogP contribution in [-0.2, 0) is 0 Å². The molecule has 5 nitrogen and oxygen atoms in total. The monoisotopic (exact) mass is 359 g/mol. The van der Waals surface area contributed by atoms with Crippen molar-refractivity contribution in [2.75, 3.05) is 13.2 Å². The molecule has 1 saturated carbocycles. The van der Waals surface area contributed by atoms with Crippen molar-refractivity contribution >= 4 is 17.2 Å². The van der Waals surface area contributed by atoms with Crippen molar-refractivity contribution in [2.24, 2.45) is 5.73 Å². The van der Waals surface area contributed by atoms with Crippen molar-refractivity contribution in [3.8, 4) is 16.3 Å². The summed E-state index contributed by atoms with van der Waals surface area (Å²) < 4.78 is 5.47. The number of nitrogens with zero attached hydrogens (tertiary/aromatic N) is 1. The first-order valence-corrected chi connectivity index (χ1v) is 9.62. The van der Waals surface area contributed by atoms with Gasteiger partial charge in [-0.3, -0.25) is 4.79 Å². The van der Waals surface area contributed by atoms with Gasteiger partial charge >= 0.3 is 0 Å². The molecule has 0 atom stereocenters. The highest BCUT2D eigenvalue weighted by molar-refractivity contribution is 7.17. The quantitative estimate of drug-likeness (QED) is 0.827. The van der Waals surface area contributed by atoms with Gasteiger partial charge in [-0.25, -0.2) is 4.98 Å². The molecule has 25 heavy (non-hydrogen) atoms. The fourth-order valence-corrected chi connectivity index (χ4v) is 4.29. The summed E-state index contributed by atoms with van der Waals surface area (Å²) in [6, 6.07) is 7.81. The largest absolute Gasteiger partial charge is 0.494 e. The van der Waals surface area contributed by atoms with Crippen molar-refractivity contribution in [3.05, 3.63) is 34.8 Å². The lowest BCUT2D eigenvalue weighted by Gasteiger charge is -2.28. The Hall–Kier alpha value is -1.92. The molecule has 0 aliphatic heterocycles. The van der Waals surface area contributed by atoms with E-state index in [0.717, 1.165) is 47.7 Å². The van der Waals surface area contributed by atoms with Crippen LogP contribution in [0.4, 0.5) is 0 Å². The molecule has 1 aromatic heterocycles. The van der Waals surface area contributed by atoms with Crippen LogP contribution in [0, 0.1) is 6.92 Å². The first kappa shape index (κ1) is 17.9. The lowest BCUT2D eigenvalue weighted by molar-refractivity contribution is 0.0906. The molecular formula is C19H25N3O2S. The topological polar surface area (TPSA) is 77.2 Å². The summed E-state index contributed by atoms with van der Waals surface area (Å²) in [5.74, 6) is 0.781. The molecule has 0 saturated heterocycles. The Labute approximate surface area is 152 Å². The van der Waals surface area contributed by atoms with Gasteiger partial charge in [-0.05, 0) is 51.0 Å². The van der Waals surface area contributed by atoms with E-state index in [1.165, 1.54) is 11.3 Å². The minimum atomic E-state index is -0.243. The standard InChI is InChI=1S/C19H25N3O2S/c1-3-24-15-8-6-14(7-9-15)18-21-13(2)16(25-18)17(23)22-19(12-20)10-4-5-11-19/h6-9H,3-5,10-12,20H2,1-2H3,(H,22,23). The number of thiazole rings is 1. The van der Waals surface area contributed by atoms with E-state index in [1.54, 1.807) is 0 Å². The SMILES string of the molecule is CCOc1ccc(-c2nc(C)c(C(=O)NC3(CN)CCCC3)s2)cc1. The number of hydrogen-bond acceptors (Lipinski definition) is 5. The number of aryl methyl sites for hydroxylation is 1. The third kappa shape index (κ3) is 3.85. The van der Waals surface area contributed by atoms with Crippen LogP contribution < -0.4 is 15.8 Å². The highest BCUT2D eigenvalue weighted by Crippen LogP contribution is 2.32. The molecule has 1 aromatic carbocycles. The number of nitrogens with one attached hydrogen (secondary N) is 1. The van der Waals surface area contributed by atoms with E-state index in [0.29, 0.717) is 18.0 Å². The molecule has 0 bridgehead atoms. The van der Waals surface area contributed by atoms with Gasteiger partial charge in [-0.2, -0.15) is 0 Å². The summed E-state index contributed by atoms with van der Waals surface area (Å²) in [6.07, 6.45) is 4.16. The molecule has 1 amide bonds. The van der Waals surface area contributed by atoms with Gasteiger partial charge in [0.05, 0.1) is 17.8 Å². The third-order valence-electron chi connectivity index (χ3n) is 4.75. The van der Waals surface area contributed by atoms with Gasteiger partial charge in [0.1, 0.15) is 15.6 Å². The van der Waals surface area contributed by atoms with Crippen molar-refractivity contribution < 1.29 is 9.53 Å². The maximum Gasteiger partial charge on any atom is 0.263 e. The zero-order chi connectivity index (χ0) is 17.9. The molecule has 0 unspecified atom stereocenters. The number of carbonyl (C=O) groups excluding carboxylic acids is 1. The summed E-state index contributed by atoms with van der Waals surface area (Å²) in [5.41, 5.74) is 7.44. The van der Waals surface area contributed by atoms with Crippen LogP contribution in [0.25, 0.3) is 10.6 Å². The van der Waals surface area contributed by atoms with Gasteiger partial charge < -0.3 is 15.8 Å². The second-order valence-electron chi connectivity index (χ2n) is 6.54. The number of ether oxygens (including phenoxy) is 1. The summed E-state index contributed by atoms with van der Waals surface area (Å²) in [7, 11) is 0. The van der Waals surface area contributed by atoms with Gasteiger partial charge in [0, 0.05) is 12.1 Å². The normalized spacial score (nSPS) is 16.0. The van der Waals surface area contributed by atoms with Crippen molar-refractivity contribution in [3.63, 3.8) is 0 Å². The van der Waals surface area contributed by atoms with Gasteiger partial charge in [-0.1, -0.05) is 12.8 Å². The van der Waals surface area contributed by atoms with E-state index in [-0.39, 0.29) is 11.4 Å². The van der Waals surface area contributed by atoms with E-state index >= 15 is 0 Å². The number of rotatable bonds is 6. The molecule has 0 spiro atoms. The molecule has 1 aliphatic carbocycles. The number of benzene rings is 1. The van der Waals surface area contributed by atoms with E-state index in [9.17, 15) is 4.79 Å². The van der Waals surface area contributed by atoms with Gasteiger partial charge in [0.25, 0.3) is 5.91 Å². The molecule has 1 aliphatic rings. The van der Waals surface area contributed by atoms with Gasteiger partial charge in [0.2, 0.25) is 0 Å². The predicted molar refractivity (Wildman–Crippen MR) is 101 cm³/mol. The van der Waals surface area contributed by atoms with E-state index in [4.69, 9.17) is 10.5 Å². The predicted octanol–water partition coefficient (Wildman–Crippen LogP) is 3.52. The van der Waals surface area contributed by atoms with Crippen molar-refractivity contribution in [1.29, 1.82) is 0 Å². The minimum absolute atomic E-state index is 0.0560. The molecule has 6 heteroatoms. The van der Waals surface area contributed by atoms with Crippen LogP contribution in [0.1, 0.15) is 48.0 Å². The van der Waals surface area contributed by atoms with Crippen LogP contribution in [-0.4, -0.2) is 29.6 Å². The maximum atomic E-state index is 12.8. The molecular weight excluding hydrogens is 334 g/mol. The molecule has 1 heterocycles. The highest BCUT2D eigenvalue weighted by atomic mass is 32.1. The van der Waals surface area contributed by atoms with Crippen molar-refractivity contribution in [1.82, 2.24) is 10.3 Å². The molecule has 0 radical (unpaired) electrons. The fraction of sp³-hybridized carbons (Fsp3) is 0.474. The maximum absolute atomic E-state index is 12.8. The third-order valence-corrected chi connectivity index (χ3v) is 5.95. The number of hydrogen-bond donors (Lipinski definition) is 2. The van der Waals surface area contributed by atoms with Crippen LogP contribution in [0.5, 0.6) is 5.75 Å². The summed E-state index contributed by atoms with van der Waals surface area (Å²) in [5, 5.41) is 4.02. The van der Waals surface area contributed by atoms with E-state index < -0.39 is 0 Å². The van der Waals surface area contributed by atoms with Crippen LogP contribution in [0.3, 0.4) is 0 Å². The highest BCUT2D eigenvalue weighted by Gasteiger charge is 2.34. The number of carbonyl (C=O) groups is 1. The molecule has 3 N–H and O–H groups in total. The second kappa shape index (κ2) is 7.54. The second-order valence-corrected chi connectivity index (χ2v) is 7.54. The first-order chi connectivity index (χ1) is 12.1. The average Bonchev–Trinajstić information content (AvgIpc) is 3.23. The van der Waals surface area contributed by atoms with E-state index in [2.05, 4.69) is 10.3 Å². The molecule has 134 valence electrons. The van der Waals surface area contributed by atoms with Crippen LogP contribution >= 0.6 is 11.3 Å². The van der Waals surface area contributed by atoms with Crippen LogP contribution in [0.2, 0.25) is 0 Å². The Morgan fingerprint density at radius 1 is 1.32 bits per heavy atom. The summed E-state index contributed by atoms with van der Waals surface area (Å²) in [6.45, 7) is 4.97.